The lowest BCUT2D eigenvalue weighted by Crippen LogP contribution is -3.17. The van der Waals surface area contributed by atoms with E-state index < -0.39 is 6.04 Å². The number of benzene rings is 2. The van der Waals surface area contributed by atoms with Crippen molar-refractivity contribution < 1.29 is 24.0 Å². The summed E-state index contributed by atoms with van der Waals surface area (Å²) in [4.78, 5) is 36.9. The van der Waals surface area contributed by atoms with Gasteiger partial charge in [0.1, 0.15) is 6.54 Å². The normalized spacial score (nSPS) is 18.3. The zero-order valence-electron chi connectivity index (χ0n) is 15.5. The molecule has 0 bridgehead atoms. The zero-order valence-corrected chi connectivity index (χ0v) is 15.5. The average molecular weight is 367 g/mol. The molecular formula is C21H23N2O4+. The Kier molecular flexibility index (Phi) is 5.66. The third-order valence-electron chi connectivity index (χ3n) is 4.90. The molecule has 2 atom stereocenters. The molecule has 0 saturated carbocycles. The van der Waals surface area contributed by atoms with Crippen molar-refractivity contribution in [3.63, 3.8) is 0 Å². The number of hydrogen-bond acceptors (Lipinski definition) is 4. The summed E-state index contributed by atoms with van der Waals surface area (Å²) in [7, 11) is 1.37. The number of ether oxygens (including phenoxy) is 1. The van der Waals surface area contributed by atoms with Gasteiger partial charge in [-0.05, 0) is 36.8 Å². The summed E-state index contributed by atoms with van der Waals surface area (Å²) >= 11 is 0. The van der Waals surface area contributed by atoms with Gasteiger partial charge in [-0.15, -0.1) is 0 Å². The van der Waals surface area contributed by atoms with Gasteiger partial charge in [0, 0.05) is 23.2 Å². The van der Waals surface area contributed by atoms with E-state index >= 15 is 0 Å². The maximum Gasteiger partial charge on any atom is 0.365 e. The molecule has 0 radical (unpaired) electrons. The van der Waals surface area contributed by atoms with Crippen molar-refractivity contribution in [2.45, 2.75) is 25.9 Å². The van der Waals surface area contributed by atoms with E-state index in [1.54, 1.807) is 24.3 Å². The number of rotatable bonds is 5. The first-order valence-corrected chi connectivity index (χ1v) is 8.88. The Morgan fingerprint density at radius 1 is 1.07 bits per heavy atom. The van der Waals surface area contributed by atoms with E-state index in [9.17, 15) is 14.4 Å². The van der Waals surface area contributed by atoms with E-state index in [4.69, 9.17) is 4.74 Å². The van der Waals surface area contributed by atoms with Crippen LogP contribution < -0.4 is 10.2 Å². The van der Waals surface area contributed by atoms with E-state index in [1.165, 1.54) is 14.0 Å². The fourth-order valence-electron chi connectivity index (χ4n) is 3.44. The Labute approximate surface area is 158 Å². The molecule has 0 aliphatic carbocycles. The SMILES string of the molecule is COC(=O)[C@H]1Cc2ccccc2C[NH+]1CC(=O)Nc1ccc(C(C)=O)cc1. The van der Waals surface area contributed by atoms with Crippen molar-refractivity contribution >= 4 is 23.3 Å². The fraction of sp³-hybridized carbons (Fsp3) is 0.286. The third-order valence-corrected chi connectivity index (χ3v) is 4.90. The molecule has 0 saturated heterocycles. The second kappa shape index (κ2) is 8.14. The van der Waals surface area contributed by atoms with Crippen molar-refractivity contribution in [1.82, 2.24) is 0 Å². The second-order valence-electron chi connectivity index (χ2n) is 6.74. The second-order valence-corrected chi connectivity index (χ2v) is 6.74. The van der Waals surface area contributed by atoms with Crippen LogP contribution in [0.5, 0.6) is 0 Å². The van der Waals surface area contributed by atoms with Crippen LogP contribution in [-0.4, -0.2) is 37.4 Å². The summed E-state index contributed by atoms with van der Waals surface area (Å²) in [6.07, 6.45) is 0.554. The van der Waals surface area contributed by atoms with Crippen LogP contribution in [0.15, 0.2) is 48.5 Å². The van der Waals surface area contributed by atoms with Crippen LogP contribution in [0, 0.1) is 0 Å². The number of nitrogens with one attached hydrogen (secondary N) is 2. The van der Waals surface area contributed by atoms with Gasteiger partial charge in [-0.1, -0.05) is 24.3 Å². The highest BCUT2D eigenvalue weighted by Gasteiger charge is 2.37. The molecule has 0 spiro atoms. The van der Waals surface area contributed by atoms with E-state index in [-0.39, 0.29) is 24.2 Å². The number of quaternary nitrogens is 1. The van der Waals surface area contributed by atoms with Gasteiger partial charge in [0.2, 0.25) is 0 Å². The smallest absolute Gasteiger partial charge is 0.365 e. The molecule has 1 unspecified atom stereocenters. The lowest BCUT2D eigenvalue weighted by molar-refractivity contribution is -0.924. The quantitative estimate of drug-likeness (QED) is 0.611. The highest BCUT2D eigenvalue weighted by Crippen LogP contribution is 2.14. The highest BCUT2D eigenvalue weighted by molar-refractivity contribution is 5.95. The van der Waals surface area contributed by atoms with Gasteiger partial charge < -0.3 is 15.0 Å². The fourth-order valence-corrected chi connectivity index (χ4v) is 3.44. The van der Waals surface area contributed by atoms with Crippen LogP contribution in [0.3, 0.4) is 0 Å². The predicted octanol–water partition coefficient (Wildman–Crippen LogP) is 1.01. The van der Waals surface area contributed by atoms with Crippen molar-refractivity contribution in [3.8, 4) is 0 Å². The summed E-state index contributed by atoms with van der Waals surface area (Å²) in [5.74, 6) is -0.516. The maximum absolute atomic E-state index is 12.5. The van der Waals surface area contributed by atoms with Gasteiger partial charge in [-0.2, -0.15) is 0 Å². The molecule has 140 valence electrons. The first-order chi connectivity index (χ1) is 13.0. The molecule has 2 aromatic carbocycles. The third kappa shape index (κ3) is 4.41. The Morgan fingerprint density at radius 2 is 1.74 bits per heavy atom. The molecule has 1 heterocycles. The van der Waals surface area contributed by atoms with Crippen molar-refractivity contribution in [1.29, 1.82) is 0 Å². The number of fused-ring (bicyclic) bond motifs is 1. The molecule has 1 aliphatic heterocycles. The summed E-state index contributed by atoms with van der Waals surface area (Å²) < 4.78 is 4.95. The highest BCUT2D eigenvalue weighted by atomic mass is 16.5. The van der Waals surface area contributed by atoms with Crippen molar-refractivity contribution in [3.05, 3.63) is 65.2 Å². The minimum absolute atomic E-state index is 0.0229. The lowest BCUT2D eigenvalue weighted by Gasteiger charge is -2.31. The number of carbonyl (C=O) groups is 3. The van der Waals surface area contributed by atoms with Gasteiger partial charge in [0.15, 0.2) is 18.4 Å². The molecule has 0 aromatic heterocycles. The number of esters is 1. The van der Waals surface area contributed by atoms with E-state index in [1.807, 2.05) is 24.3 Å². The van der Waals surface area contributed by atoms with Crippen LogP contribution in [0.4, 0.5) is 5.69 Å². The summed E-state index contributed by atoms with van der Waals surface area (Å²) in [5.41, 5.74) is 3.48. The molecule has 2 aromatic rings. The Morgan fingerprint density at radius 3 is 2.37 bits per heavy atom. The maximum atomic E-state index is 12.5. The predicted molar refractivity (Wildman–Crippen MR) is 101 cm³/mol. The van der Waals surface area contributed by atoms with Crippen LogP contribution >= 0.6 is 0 Å². The molecule has 0 fully saturated rings. The van der Waals surface area contributed by atoms with E-state index in [0.29, 0.717) is 24.2 Å². The Balaban J connectivity index is 1.71. The molecular weight excluding hydrogens is 344 g/mol. The Bertz CT molecular complexity index is 861. The number of ketones is 1. The Hall–Kier alpha value is -2.99. The van der Waals surface area contributed by atoms with E-state index in [0.717, 1.165) is 16.0 Å². The molecule has 6 nitrogen and oxygen atoms in total. The average Bonchev–Trinajstić information content (AvgIpc) is 2.67. The molecule has 1 amide bonds. The topological polar surface area (TPSA) is 76.9 Å². The summed E-state index contributed by atoms with van der Waals surface area (Å²) in [5, 5.41) is 2.83. The number of methoxy groups -OCH3 is 1. The number of Topliss-reactive ketones (excluding diaryl/α,β-unsaturated/α-hetero) is 1. The van der Waals surface area contributed by atoms with Crippen molar-refractivity contribution in [2.75, 3.05) is 19.0 Å². The molecule has 3 rings (SSSR count). The minimum atomic E-state index is -0.407. The van der Waals surface area contributed by atoms with Gasteiger partial charge in [0.05, 0.1) is 7.11 Å². The van der Waals surface area contributed by atoms with E-state index in [2.05, 4.69) is 5.32 Å². The number of carbonyl (C=O) groups excluding carboxylic acids is 3. The van der Waals surface area contributed by atoms with Crippen LogP contribution in [0.2, 0.25) is 0 Å². The molecule has 6 heteroatoms. The van der Waals surface area contributed by atoms with Gasteiger partial charge in [0.25, 0.3) is 5.91 Å². The standard InChI is InChI=1S/C21H22N2O4/c1-14(24)15-7-9-18(10-8-15)22-20(25)13-23-12-17-6-4-3-5-16(17)11-19(23)21(26)27-2/h3-10,19H,11-13H2,1-2H3,(H,22,25)/p+1/t19-/m1/s1. The monoisotopic (exact) mass is 367 g/mol. The van der Waals surface area contributed by atoms with Gasteiger partial charge in [-0.25, -0.2) is 4.79 Å². The molecule has 1 aliphatic rings. The number of anilines is 1. The first kappa shape index (κ1) is 18.8. The van der Waals surface area contributed by atoms with Crippen LogP contribution in [0.25, 0.3) is 0 Å². The van der Waals surface area contributed by atoms with Crippen molar-refractivity contribution in [2.24, 2.45) is 0 Å². The number of hydrogen-bond donors (Lipinski definition) is 2. The zero-order chi connectivity index (χ0) is 19.4. The lowest BCUT2D eigenvalue weighted by atomic mass is 9.94. The van der Waals surface area contributed by atoms with Crippen LogP contribution in [0.1, 0.15) is 28.4 Å². The number of amides is 1. The first-order valence-electron chi connectivity index (χ1n) is 8.88. The minimum Gasteiger partial charge on any atom is -0.465 e. The van der Waals surface area contributed by atoms with Crippen LogP contribution in [-0.2, 0) is 27.3 Å². The molecule has 2 N–H and O–H groups in total. The largest absolute Gasteiger partial charge is 0.465 e. The summed E-state index contributed by atoms with van der Waals surface area (Å²) in [6.45, 7) is 2.24. The van der Waals surface area contributed by atoms with Gasteiger partial charge >= 0.3 is 5.97 Å². The molecule has 27 heavy (non-hydrogen) atoms. The van der Waals surface area contributed by atoms with Gasteiger partial charge in [-0.3, -0.25) is 9.59 Å². The summed E-state index contributed by atoms with van der Waals surface area (Å²) in [6, 6.07) is 14.3.